The highest BCUT2D eigenvalue weighted by Gasteiger charge is 2.55. The molecule has 0 radical (unpaired) electrons. The Bertz CT molecular complexity index is 281. The van der Waals surface area contributed by atoms with Gasteiger partial charge in [0.2, 0.25) is 5.91 Å². The van der Waals surface area contributed by atoms with Crippen LogP contribution in [0.1, 0.15) is 39.0 Å². The summed E-state index contributed by atoms with van der Waals surface area (Å²) < 4.78 is 0. The normalized spacial score (nSPS) is 33.5. The third-order valence-electron chi connectivity index (χ3n) is 4.39. The molecule has 0 aromatic carbocycles. The van der Waals surface area contributed by atoms with E-state index in [9.17, 15) is 4.79 Å². The highest BCUT2D eigenvalue weighted by molar-refractivity contribution is 5.83. The van der Waals surface area contributed by atoms with Crippen LogP contribution in [0.4, 0.5) is 0 Å². The average Bonchev–Trinajstić information content (AvgIpc) is 3.10. The summed E-state index contributed by atoms with van der Waals surface area (Å²) in [7, 11) is 0. The third-order valence-corrected chi connectivity index (χ3v) is 4.39. The maximum absolute atomic E-state index is 11.9. The number of nitrogens with zero attached hydrogens (tertiary/aromatic N) is 1. The van der Waals surface area contributed by atoms with Crippen molar-refractivity contribution in [2.75, 3.05) is 13.2 Å². The molecule has 1 N–H and O–H groups in total. The molecule has 0 bridgehead atoms. The summed E-state index contributed by atoms with van der Waals surface area (Å²) in [5.41, 5.74) is 0.556. The molecule has 3 aliphatic rings. The molecule has 0 spiro atoms. The van der Waals surface area contributed by atoms with Gasteiger partial charge < -0.3 is 4.90 Å². The zero-order valence-electron chi connectivity index (χ0n) is 9.46. The van der Waals surface area contributed by atoms with Gasteiger partial charge in [0, 0.05) is 6.54 Å². The number of hydrogen-bond donors (Lipinski definition) is 1. The smallest absolute Gasteiger partial charge is 0.240 e. The number of hydrogen-bond acceptors (Lipinski definition) is 2. The molecule has 1 aliphatic heterocycles. The van der Waals surface area contributed by atoms with E-state index in [4.69, 9.17) is 0 Å². The van der Waals surface area contributed by atoms with Crippen molar-refractivity contribution in [3.05, 3.63) is 0 Å². The fraction of sp³-hybridized carbons (Fsp3) is 0.917. The van der Waals surface area contributed by atoms with Crippen molar-refractivity contribution in [1.82, 2.24) is 10.2 Å². The summed E-state index contributed by atoms with van der Waals surface area (Å²) in [5, 5.41) is 3.29. The quantitative estimate of drug-likeness (QED) is 0.756. The zero-order chi connectivity index (χ0) is 10.5. The molecule has 3 nitrogen and oxygen atoms in total. The van der Waals surface area contributed by atoms with Gasteiger partial charge in [0.25, 0.3) is 0 Å². The van der Waals surface area contributed by atoms with Crippen molar-refractivity contribution in [2.45, 2.75) is 45.1 Å². The van der Waals surface area contributed by atoms with Gasteiger partial charge in [-0.25, -0.2) is 0 Å². The van der Waals surface area contributed by atoms with Gasteiger partial charge in [0.15, 0.2) is 0 Å². The van der Waals surface area contributed by atoms with Gasteiger partial charge in [0.1, 0.15) is 0 Å². The first-order valence-electron chi connectivity index (χ1n) is 6.27. The van der Waals surface area contributed by atoms with E-state index in [1.165, 1.54) is 25.7 Å². The lowest BCUT2D eigenvalue weighted by Gasteiger charge is -2.22. The summed E-state index contributed by atoms with van der Waals surface area (Å²) in [5.74, 6) is 1.29. The van der Waals surface area contributed by atoms with E-state index in [0.29, 0.717) is 11.3 Å². The fourth-order valence-corrected chi connectivity index (χ4v) is 2.99. The maximum Gasteiger partial charge on any atom is 0.240 e. The average molecular weight is 208 g/mol. The van der Waals surface area contributed by atoms with Crippen molar-refractivity contribution in [3.63, 3.8) is 0 Å². The van der Waals surface area contributed by atoms with Gasteiger partial charge in [-0.15, -0.1) is 0 Å². The van der Waals surface area contributed by atoms with Gasteiger partial charge in [-0.2, -0.15) is 0 Å². The molecule has 3 fully saturated rings. The van der Waals surface area contributed by atoms with Crippen LogP contribution in [-0.4, -0.2) is 30.1 Å². The Hall–Kier alpha value is -0.570. The first-order valence-corrected chi connectivity index (χ1v) is 6.27. The largest absolute Gasteiger partial charge is 0.328 e. The van der Waals surface area contributed by atoms with Crippen molar-refractivity contribution >= 4 is 5.91 Å². The van der Waals surface area contributed by atoms with Gasteiger partial charge in [-0.05, 0) is 43.4 Å². The number of rotatable bonds is 4. The molecule has 2 saturated carbocycles. The van der Waals surface area contributed by atoms with Gasteiger partial charge in [0.05, 0.1) is 12.7 Å². The van der Waals surface area contributed by atoms with Crippen LogP contribution in [0.5, 0.6) is 0 Å². The van der Waals surface area contributed by atoms with E-state index in [2.05, 4.69) is 17.1 Å². The predicted molar refractivity (Wildman–Crippen MR) is 58.2 cm³/mol. The highest BCUT2D eigenvalue weighted by atomic mass is 16.2. The second kappa shape index (κ2) is 3.21. The number of nitrogens with one attached hydrogen (secondary N) is 1. The Labute approximate surface area is 91.2 Å². The second-order valence-electron chi connectivity index (χ2n) is 5.50. The molecule has 1 amide bonds. The van der Waals surface area contributed by atoms with Crippen LogP contribution in [0.2, 0.25) is 0 Å². The first-order chi connectivity index (χ1) is 7.25. The van der Waals surface area contributed by atoms with Crippen LogP contribution in [0.25, 0.3) is 0 Å². The van der Waals surface area contributed by atoms with E-state index < -0.39 is 0 Å². The minimum absolute atomic E-state index is 0.0972. The monoisotopic (exact) mass is 208 g/mol. The van der Waals surface area contributed by atoms with E-state index in [0.717, 1.165) is 25.6 Å². The first kappa shape index (κ1) is 9.64. The molecule has 0 aromatic heterocycles. The standard InChI is InChI=1S/C12H20N2O/c1-2-10-11(15)14(8-13-10)7-12(5-6-12)9-3-4-9/h9-10,13H,2-8H2,1H3. The molecule has 1 heterocycles. The molecule has 1 atom stereocenters. The van der Waals surface area contributed by atoms with Crippen molar-refractivity contribution < 1.29 is 4.79 Å². The third kappa shape index (κ3) is 1.57. The van der Waals surface area contributed by atoms with E-state index in [1.807, 2.05) is 0 Å². The molecular formula is C12H20N2O. The molecule has 15 heavy (non-hydrogen) atoms. The summed E-state index contributed by atoms with van der Waals surface area (Å²) in [6.07, 6.45) is 6.46. The lowest BCUT2D eigenvalue weighted by atomic mass is 10.00. The van der Waals surface area contributed by atoms with E-state index in [-0.39, 0.29) is 6.04 Å². The van der Waals surface area contributed by atoms with Crippen LogP contribution in [0.15, 0.2) is 0 Å². The van der Waals surface area contributed by atoms with E-state index in [1.54, 1.807) is 0 Å². The van der Waals surface area contributed by atoms with Gasteiger partial charge in [-0.3, -0.25) is 10.1 Å². The number of carbonyl (C=O) groups excluding carboxylic acids is 1. The minimum Gasteiger partial charge on any atom is -0.328 e. The predicted octanol–water partition coefficient (Wildman–Crippen LogP) is 1.34. The molecular weight excluding hydrogens is 188 g/mol. The van der Waals surface area contributed by atoms with Crippen molar-refractivity contribution in [2.24, 2.45) is 11.3 Å². The summed E-state index contributed by atoms with van der Waals surface area (Å²) in [6, 6.07) is 0.0972. The zero-order valence-corrected chi connectivity index (χ0v) is 9.46. The Morgan fingerprint density at radius 3 is 2.67 bits per heavy atom. The highest BCUT2D eigenvalue weighted by Crippen LogP contribution is 2.61. The second-order valence-corrected chi connectivity index (χ2v) is 5.50. The van der Waals surface area contributed by atoms with Crippen molar-refractivity contribution in [1.29, 1.82) is 0 Å². The fourth-order valence-electron chi connectivity index (χ4n) is 2.99. The lowest BCUT2D eigenvalue weighted by Crippen LogP contribution is -2.35. The summed E-state index contributed by atoms with van der Waals surface area (Å²) in [6.45, 7) is 3.89. The molecule has 1 saturated heterocycles. The molecule has 2 aliphatic carbocycles. The van der Waals surface area contributed by atoms with Crippen LogP contribution in [0.3, 0.4) is 0 Å². The SMILES string of the molecule is CCC1NCN(CC2(C3CC3)CC2)C1=O. The van der Waals surface area contributed by atoms with Gasteiger partial charge in [-0.1, -0.05) is 6.92 Å². The molecule has 3 rings (SSSR count). The van der Waals surface area contributed by atoms with E-state index >= 15 is 0 Å². The molecule has 84 valence electrons. The number of amides is 1. The Morgan fingerprint density at radius 1 is 1.47 bits per heavy atom. The maximum atomic E-state index is 11.9. The summed E-state index contributed by atoms with van der Waals surface area (Å²) in [4.78, 5) is 14.0. The topological polar surface area (TPSA) is 32.3 Å². The molecule has 0 aromatic rings. The summed E-state index contributed by atoms with van der Waals surface area (Å²) >= 11 is 0. The molecule has 3 heteroatoms. The van der Waals surface area contributed by atoms with Crippen LogP contribution in [0, 0.1) is 11.3 Å². The van der Waals surface area contributed by atoms with Crippen LogP contribution in [-0.2, 0) is 4.79 Å². The Kier molecular flexibility index (Phi) is 2.06. The van der Waals surface area contributed by atoms with Crippen LogP contribution < -0.4 is 5.32 Å². The minimum atomic E-state index is 0.0972. The lowest BCUT2D eigenvalue weighted by molar-refractivity contribution is -0.129. The van der Waals surface area contributed by atoms with Crippen molar-refractivity contribution in [3.8, 4) is 0 Å². The van der Waals surface area contributed by atoms with Gasteiger partial charge >= 0.3 is 0 Å². The Morgan fingerprint density at radius 2 is 2.20 bits per heavy atom. The molecule has 1 unspecified atom stereocenters. The Balaban J connectivity index is 1.62. The van der Waals surface area contributed by atoms with Crippen LogP contribution >= 0.6 is 0 Å². The number of carbonyl (C=O) groups is 1.